The Morgan fingerprint density at radius 2 is 2.00 bits per heavy atom. The second-order valence-electron chi connectivity index (χ2n) is 4.44. The Morgan fingerprint density at radius 1 is 1.25 bits per heavy atom. The van der Waals surface area contributed by atoms with Crippen LogP contribution in [0, 0.1) is 0 Å². The standard InChI is InChI=1S/C13H16N2O/c1-13(2,14)10-6-7-11(16-3)12-9(10)5-4-8-15-12/h4-8H,14H2,1-3H3. The lowest BCUT2D eigenvalue weighted by atomic mass is 9.91. The van der Waals surface area contributed by atoms with Gasteiger partial charge in [0.1, 0.15) is 11.3 Å². The molecule has 0 saturated carbocycles. The lowest BCUT2D eigenvalue weighted by molar-refractivity contribution is 0.418. The summed E-state index contributed by atoms with van der Waals surface area (Å²) in [6.07, 6.45) is 1.76. The summed E-state index contributed by atoms with van der Waals surface area (Å²) in [6.45, 7) is 3.97. The smallest absolute Gasteiger partial charge is 0.145 e. The molecule has 0 radical (unpaired) electrons. The van der Waals surface area contributed by atoms with Crippen LogP contribution in [0.1, 0.15) is 19.4 Å². The molecule has 0 aliphatic carbocycles. The number of methoxy groups -OCH3 is 1. The number of nitrogens with zero attached hydrogens (tertiary/aromatic N) is 1. The number of nitrogens with two attached hydrogens (primary N) is 1. The van der Waals surface area contributed by atoms with Gasteiger partial charge in [-0.05, 0) is 31.5 Å². The van der Waals surface area contributed by atoms with E-state index in [1.807, 2.05) is 38.1 Å². The van der Waals surface area contributed by atoms with Gasteiger partial charge in [-0.15, -0.1) is 0 Å². The van der Waals surface area contributed by atoms with Gasteiger partial charge in [0, 0.05) is 17.1 Å². The number of hydrogen-bond donors (Lipinski definition) is 1. The van der Waals surface area contributed by atoms with Crippen molar-refractivity contribution >= 4 is 10.9 Å². The van der Waals surface area contributed by atoms with E-state index in [-0.39, 0.29) is 5.54 Å². The van der Waals surface area contributed by atoms with Gasteiger partial charge >= 0.3 is 0 Å². The first kappa shape index (κ1) is 10.9. The third kappa shape index (κ3) is 1.74. The van der Waals surface area contributed by atoms with Crippen molar-refractivity contribution in [2.75, 3.05) is 7.11 Å². The molecule has 2 rings (SSSR count). The van der Waals surface area contributed by atoms with Crippen LogP contribution in [-0.4, -0.2) is 12.1 Å². The minimum atomic E-state index is -0.381. The zero-order chi connectivity index (χ0) is 11.8. The topological polar surface area (TPSA) is 48.1 Å². The fraction of sp³-hybridized carbons (Fsp3) is 0.308. The molecule has 0 saturated heterocycles. The van der Waals surface area contributed by atoms with Crippen molar-refractivity contribution < 1.29 is 4.74 Å². The average molecular weight is 216 g/mol. The van der Waals surface area contributed by atoms with Gasteiger partial charge < -0.3 is 10.5 Å². The molecule has 0 bridgehead atoms. The van der Waals surface area contributed by atoms with Gasteiger partial charge in [0.15, 0.2) is 0 Å². The molecule has 0 atom stereocenters. The first-order valence-corrected chi connectivity index (χ1v) is 5.25. The van der Waals surface area contributed by atoms with E-state index in [1.165, 1.54) is 0 Å². The second kappa shape index (κ2) is 3.76. The maximum absolute atomic E-state index is 6.15. The van der Waals surface area contributed by atoms with Crippen molar-refractivity contribution in [2.45, 2.75) is 19.4 Å². The van der Waals surface area contributed by atoms with E-state index in [1.54, 1.807) is 13.3 Å². The molecular weight excluding hydrogens is 200 g/mol. The number of benzene rings is 1. The van der Waals surface area contributed by atoms with Crippen molar-refractivity contribution in [3.05, 3.63) is 36.0 Å². The molecule has 1 aromatic heterocycles. The maximum Gasteiger partial charge on any atom is 0.145 e. The molecule has 0 amide bonds. The van der Waals surface area contributed by atoms with Crippen LogP contribution in [0.4, 0.5) is 0 Å². The monoisotopic (exact) mass is 216 g/mol. The summed E-state index contributed by atoms with van der Waals surface area (Å²) >= 11 is 0. The molecule has 0 aliphatic rings. The van der Waals surface area contributed by atoms with E-state index in [2.05, 4.69) is 4.98 Å². The summed E-state index contributed by atoms with van der Waals surface area (Å²) in [4.78, 5) is 4.35. The predicted molar refractivity (Wildman–Crippen MR) is 65.5 cm³/mol. The van der Waals surface area contributed by atoms with Crippen LogP contribution >= 0.6 is 0 Å². The minimum absolute atomic E-state index is 0.381. The zero-order valence-electron chi connectivity index (χ0n) is 9.82. The molecule has 2 N–H and O–H groups in total. The molecule has 1 heterocycles. The summed E-state index contributed by atoms with van der Waals surface area (Å²) in [5.74, 6) is 0.781. The molecule has 16 heavy (non-hydrogen) atoms. The first-order valence-electron chi connectivity index (χ1n) is 5.25. The minimum Gasteiger partial charge on any atom is -0.494 e. The normalized spacial score (nSPS) is 11.8. The molecule has 0 spiro atoms. The van der Waals surface area contributed by atoms with Crippen molar-refractivity contribution in [1.82, 2.24) is 4.98 Å². The van der Waals surface area contributed by atoms with Crippen LogP contribution in [0.3, 0.4) is 0 Å². The maximum atomic E-state index is 6.15. The molecule has 2 aromatic rings. The molecule has 3 heteroatoms. The predicted octanol–water partition coefficient (Wildman–Crippen LogP) is 2.44. The Hall–Kier alpha value is -1.61. The van der Waals surface area contributed by atoms with E-state index >= 15 is 0 Å². The van der Waals surface area contributed by atoms with Gasteiger partial charge in [-0.2, -0.15) is 0 Å². The molecule has 0 unspecified atom stereocenters. The van der Waals surface area contributed by atoms with Crippen molar-refractivity contribution in [3.8, 4) is 5.75 Å². The number of aromatic nitrogens is 1. The van der Waals surface area contributed by atoms with Crippen LogP contribution in [0.2, 0.25) is 0 Å². The number of rotatable bonds is 2. The zero-order valence-corrected chi connectivity index (χ0v) is 9.82. The summed E-state index contributed by atoms with van der Waals surface area (Å²) < 4.78 is 5.29. The molecule has 0 aliphatic heterocycles. The van der Waals surface area contributed by atoms with Gasteiger partial charge in [0.05, 0.1) is 7.11 Å². The Bertz CT molecular complexity index is 515. The summed E-state index contributed by atoms with van der Waals surface area (Å²) in [6, 6.07) is 7.86. The highest BCUT2D eigenvalue weighted by atomic mass is 16.5. The third-order valence-electron chi connectivity index (χ3n) is 2.65. The lowest BCUT2D eigenvalue weighted by Gasteiger charge is -2.21. The average Bonchev–Trinajstić information content (AvgIpc) is 2.26. The Labute approximate surface area is 95.2 Å². The molecule has 84 valence electrons. The molecule has 3 nitrogen and oxygen atoms in total. The quantitative estimate of drug-likeness (QED) is 0.838. The van der Waals surface area contributed by atoms with Gasteiger partial charge in [-0.1, -0.05) is 12.1 Å². The van der Waals surface area contributed by atoms with Gasteiger partial charge in [0.2, 0.25) is 0 Å². The van der Waals surface area contributed by atoms with Gasteiger partial charge in [-0.25, -0.2) is 0 Å². The highest BCUT2D eigenvalue weighted by Crippen LogP contribution is 2.31. The fourth-order valence-electron chi connectivity index (χ4n) is 1.87. The van der Waals surface area contributed by atoms with Crippen molar-refractivity contribution in [1.29, 1.82) is 0 Å². The highest BCUT2D eigenvalue weighted by molar-refractivity contribution is 5.88. The van der Waals surface area contributed by atoms with Crippen LogP contribution in [0.5, 0.6) is 5.75 Å². The summed E-state index contributed by atoms with van der Waals surface area (Å²) in [5.41, 5.74) is 7.71. The number of ether oxygens (including phenoxy) is 1. The Kier molecular flexibility index (Phi) is 2.56. The van der Waals surface area contributed by atoms with Crippen LogP contribution < -0.4 is 10.5 Å². The van der Waals surface area contributed by atoms with E-state index < -0.39 is 0 Å². The SMILES string of the molecule is COc1ccc(C(C)(C)N)c2cccnc12. The van der Waals surface area contributed by atoms with E-state index in [0.717, 1.165) is 22.2 Å². The number of fused-ring (bicyclic) bond motifs is 1. The largest absolute Gasteiger partial charge is 0.494 e. The summed E-state index contributed by atoms with van der Waals surface area (Å²) in [7, 11) is 1.65. The Balaban J connectivity index is 2.80. The fourth-order valence-corrected chi connectivity index (χ4v) is 1.87. The number of pyridine rings is 1. The highest BCUT2D eigenvalue weighted by Gasteiger charge is 2.18. The summed E-state index contributed by atoms with van der Waals surface area (Å²) in [5, 5.41) is 1.05. The second-order valence-corrected chi connectivity index (χ2v) is 4.44. The molecule has 0 fully saturated rings. The third-order valence-corrected chi connectivity index (χ3v) is 2.65. The van der Waals surface area contributed by atoms with Gasteiger partial charge in [-0.3, -0.25) is 4.98 Å². The van der Waals surface area contributed by atoms with E-state index in [9.17, 15) is 0 Å². The van der Waals surface area contributed by atoms with Crippen LogP contribution in [0.25, 0.3) is 10.9 Å². The lowest BCUT2D eigenvalue weighted by Crippen LogP contribution is -2.28. The first-order chi connectivity index (χ1) is 7.54. The van der Waals surface area contributed by atoms with Gasteiger partial charge in [0.25, 0.3) is 0 Å². The van der Waals surface area contributed by atoms with E-state index in [0.29, 0.717) is 0 Å². The van der Waals surface area contributed by atoms with Crippen LogP contribution in [0.15, 0.2) is 30.5 Å². The molecular formula is C13H16N2O. The number of hydrogen-bond acceptors (Lipinski definition) is 3. The molecule has 1 aromatic carbocycles. The van der Waals surface area contributed by atoms with Crippen molar-refractivity contribution in [2.24, 2.45) is 5.73 Å². The van der Waals surface area contributed by atoms with Crippen LogP contribution in [-0.2, 0) is 5.54 Å². The Morgan fingerprint density at radius 3 is 2.62 bits per heavy atom. The van der Waals surface area contributed by atoms with E-state index in [4.69, 9.17) is 10.5 Å². The van der Waals surface area contributed by atoms with Crippen molar-refractivity contribution in [3.63, 3.8) is 0 Å².